The van der Waals surface area contributed by atoms with E-state index in [1.54, 1.807) is 0 Å². The Bertz CT molecular complexity index is 513. The molecule has 0 unspecified atom stereocenters. The fourth-order valence-corrected chi connectivity index (χ4v) is 3.35. The third kappa shape index (κ3) is 4.12. The average Bonchev–Trinajstić information content (AvgIpc) is 3.21. The standard InChI is InChI=1S/C17H28N4O2/c1-13-10-18-17(21(3)12-15-7-5-9-23-15)19-16(13)20(2)11-14-6-4-8-22-14/h10,14-15H,4-9,11-12H2,1-3H3/t14-,15-/m0/s1. The fraction of sp³-hybridized carbons (Fsp3) is 0.765. The van der Waals surface area contributed by atoms with Crippen LogP contribution in [-0.4, -0.2) is 62.6 Å². The predicted molar refractivity (Wildman–Crippen MR) is 91.3 cm³/mol. The molecule has 0 bridgehead atoms. The molecule has 1 aromatic rings. The first kappa shape index (κ1) is 16.5. The Morgan fingerprint density at radius 2 is 1.65 bits per heavy atom. The Morgan fingerprint density at radius 1 is 1.04 bits per heavy atom. The molecule has 0 N–H and O–H groups in total. The zero-order chi connectivity index (χ0) is 16.2. The largest absolute Gasteiger partial charge is 0.376 e. The molecule has 3 rings (SSSR count). The topological polar surface area (TPSA) is 50.7 Å². The fourth-order valence-electron chi connectivity index (χ4n) is 3.35. The van der Waals surface area contributed by atoms with E-state index in [9.17, 15) is 0 Å². The molecule has 2 aliphatic heterocycles. The average molecular weight is 320 g/mol. The van der Waals surface area contributed by atoms with Gasteiger partial charge in [0.05, 0.1) is 12.2 Å². The summed E-state index contributed by atoms with van der Waals surface area (Å²) in [5, 5.41) is 0. The molecule has 2 fully saturated rings. The van der Waals surface area contributed by atoms with Gasteiger partial charge in [-0.15, -0.1) is 0 Å². The summed E-state index contributed by atoms with van der Waals surface area (Å²) in [5.41, 5.74) is 1.10. The highest BCUT2D eigenvalue weighted by molar-refractivity contribution is 5.49. The van der Waals surface area contributed by atoms with Crippen molar-refractivity contribution < 1.29 is 9.47 Å². The summed E-state index contributed by atoms with van der Waals surface area (Å²) in [7, 11) is 4.12. The first-order valence-corrected chi connectivity index (χ1v) is 8.62. The van der Waals surface area contributed by atoms with Gasteiger partial charge in [-0.05, 0) is 32.6 Å². The molecule has 6 heteroatoms. The summed E-state index contributed by atoms with van der Waals surface area (Å²) in [5.74, 6) is 1.75. The van der Waals surface area contributed by atoms with Crippen LogP contribution in [0.15, 0.2) is 6.20 Å². The minimum absolute atomic E-state index is 0.304. The zero-order valence-electron chi connectivity index (χ0n) is 14.5. The minimum atomic E-state index is 0.304. The molecule has 128 valence electrons. The van der Waals surface area contributed by atoms with Gasteiger partial charge in [-0.3, -0.25) is 0 Å². The number of aryl methyl sites for hydroxylation is 1. The second-order valence-electron chi connectivity index (χ2n) is 6.71. The van der Waals surface area contributed by atoms with Gasteiger partial charge in [0.15, 0.2) is 0 Å². The summed E-state index contributed by atoms with van der Waals surface area (Å²) >= 11 is 0. The molecule has 2 atom stereocenters. The van der Waals surface area contributed by atoms with Gasteiger partial charge < -0.3 is 19.3 Å². The number of likely N-dealkylation sites (N-methyl/N-ethyl adjacent to an activating group) is 2. The van der Waals surface area contributed by atoms with Crippen molar-refractivity contribution in [2.75, 3.05) is 50.2 Å². The molecule has 23 heavy (non-hydrogen) atoms. The van der Waals surface area contributed by atoms with Crippen molar-refractivity contribution in [3.05, 3.63) is 11.8 Å². The molecule has 3 heterocycles. The summed E-state index contributed by atoms with van der Waals surface area (Å²) in [6.45, 7) is 5.55. The van der Waals surface area contributed by atoms with Crippen molar-refractivity contribution in [3.8, 4) is 0 Å². The van der Waals surface area contributed by atoms with Crippen molar-refractivity contribution >= 4 is 11.8 Å². The molecule has 0 aromatic carbocycles. The summed E-state index contributed by atoms with van der Waals surface area (Å²) in [4.78, 5) is 13.6. The number of aromatic nitrogens is 2. The van der Waals surface area contributed by atoms with Crippen molar-refractivity contribution in [1.29, 1.82) is 0 Å². The molecule has 0 spiro atoms. The lowest BCUT2D eigenvalue weighted by Gasteiger charge is -2.26. The maximum atomic E-state index is 5.74. The Balaban J connectivity index is 1.67. The highest BCUT2D eigenvalue weighted by Crippen LogP contribution is 2.22. The van der Waals surface area contributed by atoms with E-state index in [4.69, 9.17) is 14.5 Å². The minimum Gasteiger partial charge on any atom is -0.376 e. The summed E-state index contributed by atoms with van der Waals surface area (Å²) in [6.07, 6.45) is 7.12. The SMILES string of the molecule is Cc1cnc(N(C)C[C@@H]2CCCO2)nc1N(C)C[C@@H]1CCCO1. The molecule has 2 aliphatic rings. The summed E-state index contributed by atoms with van der Waals surface area (Å²) in [6, 6.07) is 0. The second-order valence-corrected chi connectivity index (χ2v) is 6.71. The van der Waals surface area contributed by atoms with E-state index in [-0.39, 0.29) is 0 Å². The molecule has 2 saturated heterocycles. The molecular weight excluding hydrogens is 292 g/mol. The van der Waals surface area contributed by atoms with E-state index < -0.39 is 0 Å². The smallest absolute Gasteiger partial charge is 0.227 e. The van der Waals surface area contributed by atoms with Gasteiger partial charge in [0.25, 0.3) is 0 Å². The first-order chi connectivity index (χ1) is 11.1. The van der Waals surface area contributed by atoms with Crippen LogP contribution in [0, 0.1) is 6.92 Å². The van der Waals surface area contributed by atoms with Gasteiger partial charge in [0, 0.05) is 52.2 Å². The van der Waals surface area contributed by atoms with E-state index in [1.165, 1.54) is 0 Å². The van der Waals surface area contributed by atoms with Crippen molar-refractivity contribution in [1.82, 2.24) is 9.97 Å². The third-order valence-corrected chi connectivity index (χ3v) is 4.64. The number of hydrogen-bond donors (Lipinski definition) is 0. The normalized spacial score (nSPS) is 24.1. The molecule has 0 aliphatic carbocycles. The first-order valence-electron chi connectivity index (χ1n) is 8.62. The van der Waals surface area contributed by atoms with Gasteiger partial charge in [0.2, 0.25) is 5.95 Å². The van der Waals surface area contributed by atoms with Crippen LogP contribution < -0.4 is 9.80 Å². The number of nitrogens with zero attached hydrogens (tertiary/aromatic N) is 4. The van der Waals surface area contributed by atoms with Crippen LogP contribution >= 0.6 is 0 Å². The lowest BCUT2D eigenvalue weighted by molar-refractivity contribution is 0.116. The Kier molecular flexibility index (Phi) is 5.33. The molecule has 6 nitrogen and oxygen atoms in total. The van der Waals surface area contributed by atoms with E-state index >= 15 is 0 Å². The van der Waals surface area contributed by atoms with Crippen LogP contribution in [0.3, 0.4) is 0 Å². The van der Waals surface area contributed by atoms with Crippen LogP contribution in [0.4, 0.5) is 11.8 Å². The van der Waals surface area contributed by atoms with E-state index in [0.717, 1.165) is 69.3 Å². The monoisotopic (exact) mass is 320 g/mol. The Hall–Kier alpha value is -1.40. The van der Waals surface area contributed by atoms with Crippen LogP contribution in [0.1, 0.15) is 31.2 Å². The lowest BCUT2D eigenvalue weighted by atomic mass is 10.2. The van der Waals surface area contributed by atoms with Crippen molar-refractivity contribution in [3.63, 3.8) is 0 Å². The highest BCUT2D eigenvalue weighted by Gasteiger charge is 2.21. The van der Waals surface area contributed by atoms with E-state index in [0.29, 0.717) is 12.2 Å². The number of hydrogen-bond acceptors (Lipinski definition) is 6. The molecule has 0 amide bonds. The second kappa shape index (κ2) is 7.45. The van der Waals surface area contributed by atoms with Crippen LogP contribution in [0.25, 0.3) is 0 Å². The molecule has 0 saturated carbocycles. The van der Waals surface area contributed by atoms with Crippen molar-refractivity contribution in [2.24, 2.45) is 0 Å². The number of ether oxygens (including phenoxy) is 2. The van der Waals surface area contributed by atoms with Gasteiger partial charge in [-0.25, -0.2) is 4.98 Å². The third-order valence-electron chi connectivity index (χ3n) is 4.64. The number of rotatable bonds is 6. The maximum absolute atomic E-state index is 5.74. The van der Waals surface area contributed by atoms with Gasteiger partial charge in [-0.1, -0.05) is 0 Å². The Morgan fingerprint density at radius 3 is 2.22 bits per heavy atom. The van der Waals surface area contributed by atoms with Crippen molar-refractivity contribution in [2.45, 2.75) is 44.8 Å². The Labute approximate surface area is 138 Å². The van der Waals surface area contributed by atoms with Gasteiger partial charge in [-0.2, -0.15) is 4.98 Å². The zero-order valence-corrected chi connectivity index (χ0v) is 14.5. The van der Waals surface area contributed by atoms with Gasteiger partial charge in [0.1, 0.15) is 5.82 Å². The quantitative estimate of drug-likeness (QED) is 0.799. The van der Waals surface area contributed by atoms with Crippen LogP contribution in [-0.2, 0) is 9.47 Å². The molecular formula is C17H28N4O2. The molecule has 0 radical (unpaired) electrons. The van der Waals surface area contributed by atoms with Gasteiger partial charge >= 0.3 is 0 Å². The van der Waals surface area contributed by atoms with Crippen LogP contribution in [0.5, 0.6) is 0 Å². The summed E-state index contributed by atoms with van der Waals surface area (Å²) < 4.78 is 11.5. The predicted octanol–water partition coefficient (Wildman–Crippen LogP) is 2.02. The number of anilines is 2. The molecule has 1 aromatic heterocycles. The lowest BCUT2D eigenvalue weighted by Crippen LogP contribution is -2.32. The van der Waals surface area contributed by atoms with E-state index in [1.807, 2.05) is 13.2 Å². The maximum Gasteiger partial charge on any atom is 0.227 e. The van der Waals surface area contributed by atoms with Crippen LogP contribution in [0.2, 0.25) is 0 Å². The van der Waals surface area contributed by atoms with E-state index in [2.05, 4.69) is 28.8 Å². The highest BCUT2D eigenvalue weighted by atomic mass is 16.5.